The second kappa shape index (κ2) is 6.96. The maximum absolute atomic E-state index is 12.9. The van der Waals surface area contributed by atoms with Crippen LogP contribution in [0.1, 0.15) is 18.9 Å². The molecule has 4 nitrogen and oxygen atoms in total. The number of likely N-dealkylation sites (N-methyl/N-ethyl adjacent to an activating group) is 1. The molecule has 0 bridgehead atoms. The lowest BCUT2D eigenvalue weighted by Gasteiger charge is -2.14. The van der Waals surface area contributed by atoms with Gasteiger partial charge in [-0.2, -0.15) is 0 Å². The van der Waals surface area contributed by atoms with Crippen molar-refractivity contribution in [3.05, 3.63) is 29.6 Å². The highest BCUT2D eigenvalue weighted by molar-refractivity contribution is 5.73. The van der Waals surface area contributed by atoms with E-state index in [9.17, 15) is 9.18 Å². The average Bonchev–Trinajstić information content (AvgIpc) is 2.30. The summed E-state index contributed by atoms with van der Waals surface area (Å²) in [4.78, 5) is 10.9. The standard InChI is InChI=1S/C13H18FNO3/c1-3-15-11(13(16)17)6-7-18-12-5-4-10(14)8-9(12)2/h4-5,8,11,15H,3,6-7H2,1-2H3,(H,16,17). The quantitative estimate of drug-likeness (QED) is 0.782. The summed E-state index contributed by atoms with van der Waals surface area (Å²) in [6.45, 7) is 4.46. The van der Waals surface area contributed by atoms with E-state index in [4.69, 9.17) is 9.84 Å². The van der Waals surface area contributed by atoms with Crippen molar-refractivity contribution in [3.8, 4) is 5.75 Å². The van der Waals surface area contributed by atoms with E-state index >= 15 is 0 Å². The Labute approximate surface area is 106 Å². The number of carboxylic acid groups (broad SMARTS) is 1. The molecule has 0 aromatic heterocycles. The SMILES string of the molecule is CCNC(CCOc1ccc(F)cc1C)C(=O)O. The van der Waals surface area contributed by atoms with Crippen LogP contribution in [0.3, 0.4) is 0 Å². The van der Waals surface area contributed by atoms with Crippen molar-refractivity contribution < 1.29 is 19.0 Å². The Balaban J connectivity index is 2.47. The predicted octanol–water partition coefficient (Wildman–Crippen LogP) is 1.97. The van der Waals surface area contributed by atoms with Crippen LogP contribution in [-0.2, 0) is 4.79 Å². The average molecular weight is 255 g/mol. The van der Waals surface area contributed by atoms with Crippen molar-refractivity contribution in [3.63, 3.8) is 0 Å². The first-order valence-electron chi connectivity index (χ1n) is 5.89. The van der Waals surface area contributed by atoms with Crippen LogP contribution in [0.2, 0.25) is 0 Å². The van der Waals surface area contributed by atoms with Crippen molar-refractivity contribution in [1.29, 1.82) is 0 Å². The van der Waals surface area contributed by atoms with Crippen LogP contribution in [0.4, 0.5) is 4.39 Å². The van der Waals surface area contributed by atoms with Crippen LogP contribution in [0.25, 0.3) is 0 Å². The minimum absolute atomic E-state index is 0.274. The Morgan fingerprint density at radius 3 is 2.83 bits per heavy atom. The van der Waals surface area contributed by atoms with E-state index in [-0.39, 0.29) is 12.4 Å². The molecular formula is C13H18FNO3. The fraction of sp³-hybridized carbons (Fsp3) is 0.462. The summed E-state index contributed by atoms with van der Waals surface area (Å²) >= 11 is 0. The molecule has 1 rings (SSSR count). The number of hydrogen-bond acceptors (Lipinski definition) is 3. The number of benzene rings is 1. The zero-order valence-electron chi connectivity index (χ0n) is 10.6. The van der Waals surface area contributed by atoms with Gasteiger partial charge in [0.05, 0.1) is 6.61 Å². The van der Waals surface area contributed by atoms with Crippen molar-refractivity contribution in [2.45, 2.75) is 26.3 Å². The summed E-state index contributed by atoms with van der Waals surface area (Å²) in [7, 11) is 0. The Morgan fingerprint density at radius 1 is 1.56 bits per heavy atom. The monoisotopic (exact) mass is 255 g/mol. The van der Waals surface area contributed by atoms with Gasteiger partial charge in [0.15, 0.2) is 0 Å². The van der Waals surface area contributed by atoms with Crippen molar-refractivity contribution >= 4 is 5.97 Å². The second-order valence-corrected chi connectivity index (χ2v) is 4.00. The van der Waals surface area contributed by atoms with Crippen LogP contribution in [0.5, 0.6) is 5.75 Å². The van der Waals surface area contributed by atoms with Crippen LogP contribution >= 0.6 is 0 Å². The molecule has 100 valence electrons. The number of nitrogens with one attached hydrogen (secondary N) is 1. The van der Waals surface area contributed by atoms with E-state index < -0.39 is 12.0 Å². The van der Waals surface area contributed by atoms with E-state index in [1.165, 1.54) is 12.1 Å². The lowest BCUT2D eigenvalue weighted by molar-refractivity contribution is -0.139. The summed E-state index contributed by atoms with van der Waals surface area (Å²) in [5.41, 5.74) is 0.699. The first kappa shape index (κ1) is 14.4. The Morgan fingerprint density at radius 2 is 2.28 bits per heavy atom. The van der Waals surface area contributed by atoms with E-state index in [2.05, 4.69) is 5.32 Å². The molecule has 1 aromatic carbocycles. The first-order valence-corrected chi connectivity index (χ1v) is 5.89. The Kier molecular flexibility index (Phi) is 5.58. The molecule has 18 heavy (non-hydrogen) atoms. The first-order chi connectivity index (χ1) is 8.54. The molecule has 0 spiro atoms. The number of carboxylic acids is 1. The summed E-state index contributed by atoms with van der Waals surface area (Å²) in [6, 6.07) is 3.64. The molecule has 0 aliphatic rings. The number of aryl methyl sites for hydroxylation is 1. The fourth-order valence-corrected chi connectivity index (χ4v) is 1.62. The summed E-state index contributed by atoms with van der Waals surface area (Å²) in [5.74, 6) is -0.621. The number of halogens is 1. The minimum atomic E-state index is -0.892. The molecule has 5 heteroatoms. The molecule has 1 unspecified atom stereocenters. The van der Waals surface area contributed by atoms with Gasteiger partial charge < -0.3 is 15.2 Å². The second-order valence-electron chi connectivity index (χ2n) is 4.00. The molecule has 0 saturated heterocycles. The van der Waals surface area contributed by atoms with Gasteiger partial charge in [0.1, 0.15) is 17.6 Å². The largest absolute Gasteiger partial charge is 0.493 e. The maximum Gasteiger partial charge on any atom is 0.320 e. The molecular weight excluding hydrogens is 237 g/mol. The highest BCUT2D eigenvalue weighted by Crippen LogP contribution is 2.18. The third kappa shape index (κ3) is 4.33. The third-order valence-corrected chi connectivity index (χ3v) is 2.55. The topological polar surface area (TPSA) is 58.6 Å². The molecule has 0 aliphatic heterocycles. The van der Waals surface area contributed by atoms with Crippen molar-refractivity contribution in [1.82, 2.24) is 5.32 Å². The maximum atomic E-state index is 12.9. The van der Waals surface area contributed by atoms with E-state index in [0.29, 0.717) is 24.3 Å². The molecule has 1 aromatic rings. The highest BCUT2D eigenvalue weighted by atomic mass is 19.1. The van der Waals surface area contributed by atoms with Gasteiger partial charge in [-0.1, -0.05) is 6.92 Å². The zero-order valence-corrected chi connectivity index (χ0v) is 10.6. The summed E-state index contributed by atoms with van der Waals surface area (Å²) in [5, 5.41) is 11.8. The molecule has 0 fully saturated rings. The summed E-state index contributed by atoms with van der Waals surface area (Å²) in [6.07, 6.45) is 0.361. The van der Waals surface area contributed by atoms with E-state index in [1.54, 1.807) is 13.0 Å². The van der Waals surface area contributed by atoms with Gasteiger partial charge in [0, 0.05) is 6.42 Å². The van der Waals surface area contributed by atoms with Gasteiger partial charge in [-0.3, -0.25) is 4.79 Å². The van der Waals surface area contributed by atoms with Crippen LogP contribution in [0, 0.1) is 12.7 Å². The van der Waals surface area contributed by atoms with Crippen LogP contribution in [-0.4, -0.2) is 30.3 Å². The van der Waals surface area contributed by atoms with Crippen molar-refractivity contribution in [2.75, 3.05) is 13.2 Å². The molecule has 0 radical (unpaired) electrons. The van der Waals surface area contributed by atoms with Gasteiger partial charge in [0.25, 0.3) is 0 Å². The van der Waals surface area contributed by atoms with Gasteiger partial charge in [-0.25, -0.2) is 4.39 Å². The highest BCUT2D eigenvalue weighted by Gasteiger charge is 2.15. The molecule has 0 heterocycles. The molecule has 2 N–H and O–H groups in total. The number of aliphatic carboxylic acids is 1. The lowest BCUT2D eigenvalue weighted by atomic mass is 10.2. The van der Waals surface area contributed by atoms with Crippen LogP contribution in [0.15, 0.2) is 18.2 Å². The predicted molar refractivity (Wildman–Crippen MR) is 66.3 cm³/mol. The fourth-order valence-electron chi connectivity index (χ4n) is 1.62. The van der Waals surface area contributed by atoms with Gasteiger partial charge in [-0.05, 0) is 37.2 Å². The van der Waals surface area contributed by atoms with Crippen LogP contribution < -0.4 is 10.1 Å². The van der Waals surface area contributed by atoms with Crippen molar-refractivity contribution in [2.24, 2.45) is 0 Å². The third-order valence-electron chi connectivity index (χ3n) is 2.55. The number of hydrogen-bond donors (Lipinski definition) is 2. The Hall–Kier alpha value is -1.62. The van der Waals surface area contributed by atoms with E-state index in [0.717, 1.165) is 0 Å². The molecule has 0 amide bonds. The molecule has 0 aliphatic carbocycles. The number of ether oxygens (including phenoxy) is 1. The van der Waals surface area contributed by atoms with E-state index in [1.807, 2.05) is 6.92 Å². The normalized spacial score (nSPS) is 12.2. The van der Waals surface area contributed by atoms with Gasteiger partial charge >= 0.3 is 5.97 Å². The molecule has 0 saturated carbocycles. The Bertz CT molecular complexity index is 409. The smallest absolute Gasteiger partial charge is 0.320 e. The van der Waals surface area contributed by atoms with Gasteiger partial charge in [0.2, 0.25) is 0 Å². The van der Waals surface area contributed by atoms with Gasteiger partial charge in [-0.15, -0.1) is 0 Å². The number of carbonyl (C=O) groups is 1. The lowest BCUT2D eigenvalue weighted by Crippen LogP contribution is -2.37. The summed E-state index contributed by atoms with van der Waals surface area (Å²) < 4.78 is 18.3. The number of rotatable bonds is 7. The minimum Gasteiger partial charge on any atom is -0.493 e. The zero-order chi connectivity index (χ0) is 13.5. The molecule has 1 atom stereocenters.